The van der Waals surface area contributed by atoms with Crippen molar-refractivity contribution in [2.75, 3.05) is 12.8 Å². The van der Waals surface area contributed by atoms with E-state index in [2.05, 4.69) is 35.1 Å². The molecule has 1 rings (SSSR count). The van der Waals surface area contributed by atoms with Crippen LogP contribution in [0.25, 0.3) is 0 Å². The van der Waals surface area contributed by atoms with Crippen molar-refractivity contribution in [1.29, 1.82) is 0 Å². The number of carbonyl (C=O) groups is 1. The van der Waals surface area contributed by atoms with Gasteiger partial charge in [0.1, 0.15) is 5.54 Å². The molecule has 0 aromatic heterocycles. The van der Waals surface area contributed by atoms with Gasteiger partial charge in [-0.25, -0.2) is 0 Å². The van der Waals surface area contributed by atoms with Crippen LogP contribution in [0.5, 0.6) is 0 Å². The summed E-state index contributed by atoms with van der Waals surface area (Å²) in [5, 5.41) is 2.93. The summed E-state index contributed by atoms with van der Waals surface area (Å²) in [6.45, 7) is 6.50. The average molecular weight is 345 g/mol. The van der Waals surface area contributed by atoms with E-state index in [1.807, 2.05) is 30.5 Å². The lowest BCUT2D eigenvalue weighted by atomic mass is 9.92. The largest absolute Gasteiger partial charge is 0.353 e. The molecule has 0 saturated carbocycles. The van der Waals surface area contributed by atoms with Gasteiger partial charge >= 0.3 is 0 Å². The van der Waals surface area contributed by atoms with E-state index in [9.17, 15) is 4.79 Å². The Hall–Kier alpha value is -0.520. The molecule has 0 spiro atoms. The summed E-state index contributed by atoms with van der Waals surface area (Å²) in [7, 11) is 0. The molecule has 1 amide bonds. The van der Waals surface area contributed by atoms with Crippen LogP contribution in [-0.4, -0.2) is 23.5 Å². The molecule has 0 bridgehead atoms. The SMILES string of the molecule is CSC(C)(C)CNC(=O)C(C)(N)c1ccc(Br)cc1. The third kappa shape index (κ3) is 4.51. The molecular weight excluding hydrogens is 324 g/mol. The molecule has 106 valence electrons. The van der Waals surface area contributed by atoms with Crippen molar-refractivity contribution >= 4 is 33.6 Å². The van der Waals surface area contributed by atoms with Crippen molar-refractivity contribution in [3.8, 4) is 0 Å². The van der Waals surface area contributed by atoms with E-state index in [0.29, 0.717) is 6.54 Å². The Bertz CT molecular complexity index is 443. The normalized spacial score (nSPS) is 14.8. The molecule has 1 aromatic carbocycles. The van der Waals surface area contributed by atoms with Gasteiger partial charge in [-0.1, -0.05) is 28.1 Å². The highest BCUT2D eigenvalue weighted by molar-refractivity contribution is 9.10. The minimum atomic E-state index is -1.02. The average Bonchev–Trinajstić information content (AvgIpc) is 2.36. The van der Waals surface area contributed by atoms with Crippen molar-refractivity contribution in [3.05, 3.63) is 34.3 Å². The topological polar surface area (TPSA) is 55.1 Å². The van der Waals surface area contributed by atoms with E-state index in [1.165, 1.54) is 0 Å². The third-order valence-electron chi connectivity index (χ3n) is 3.14. The van der Waals surface area contributed by atoms with Gasteiger partial charge in [-0.15, -0.1) is 0 Å². The van der Waals surface area contributed by atoms with Crippen LogP contribution in [0.15, 0.2) is 28.7 Å². The van der Waals surface area contributed by atoms with Gasteiger partial charge in [-0.2, -0.15) is 11.8 Å². The van der Waals surface area contributed by atoms with Crippen LogP contribution >= 0.6 is 27.7 Å². The van der Waals surface area contributed by atoms with Crippen LogP contribution in [0.2, 0.25) is 0 Å². The van der Waals surface area contributed by atoms with Gasteiger partial charge in [0.25, 0.3) is 0 Å². The minimum Gasteiger partial charge on any atom is -0.353 e. The number of hydrogen-bond acceptors (Lipinski definition) is 3. The Balaban J connectivity index is 2.77. The number of thioether (sulfide) groups is 1. The first-order valence-corrected chi connectivity index (χ1v) is 8.09. The van der Waals surface area contributed by atoms with Crippen molar-refractivity contribution in [3.63, 3.8) is 0 Å². The molecule has 0 radical (unpaired) electrons. The second-order valence-electron chi connectivity index (χ2n) is 5.36. The molecule has 3 nitrogen and oxygen atoms in total. The molecule has 3 N–H and O–H groups in total. The summed E-state index contributed by atoms with van der Waals surface area (Å²) >= 11 is 5.09. The predicted octanol–water partition coefficient (Wildman–Crippen LogP) is 2.88. The fraction of sp³-hybridized carbons (Fsp3) is 0.500. The first-order valence-electron chi connectivity index (χ1n) is 6.07. The number of halogens is 1. The lowest BCUT2D eigenvalue weighted by Crippen LogP contribution is -2.51. The van der Waals surface area contributed by atoms with Crippen LogP contribution in [0.1, 0.15) is 26.3 Å². The van der Waals surface area contributed by atoms with Crippen molar-refractivity contribution < 1.29 is 4.79 Å². The molecule has 0 heterocycles. The molecule has 1 atom stereocenters. The maximum atomic E-state index is 12.3. The van der Waals surface area contributed by atoms with Crippen molar-refractivity contribution in [2.45, 2.75) is 31.1 Å². The Kier molecular flexibility index (Phi) is 5.47. The Morgan fingerprint density at radius 1 is 1.32 bits per heavy atom. The summed E-state index contributed by atoms with van der Waals surface area (Å²) in [4.78, 5) is 12.3. The summed E-state index contributed by atoms with van der Waals surface area (Å²) in [6.07, 6.45) is 2.03. The second kappa shape index (κ2) is 6.29. The highest BCUT2D eigenvalue weighted by atomic mass is 79.9. The fourth-order valence-electron chi connectivity index (χ4n) is 1.48. The van der Waals surface area contributed by atoms with E-state index >= 15 is 0 Å². The lowest BCUT2D eigenvalue weighted by Gasteiger charge is -2.28. The van der Waals surface area contributed by atoms with Gasteiger partial charge in [0.05, 0.1) is 0 Å². The number of hydrogen-bond donors (Lipinski definition) is 2. The predicted molar refractivity (Wildman–Crippen MR) is 86.3 cm³/mol. The zero-order valence-corrected chi connectivity index (χ0v) is 14.2. The van der Waals surface area contributed by atoms with Gasteiger partial charge < -0.3 is 11.1 Å². The van der Waals surface area contributed by atoms with Crippen LogP contribution < -0.4 is 11.1 Å². The molecule has 5 heteroatoms. The molecule has 0 aliphatic carbocycles. The Morgan fingerprint density at radius 2 is 1.84 bits per heavy atom. The Morgan fingerprint density at radius 3 is 2.32 bits per heavy atom. The van der Waals surface area contributed by atoms with Gasteiger partial charge in [0.2, 0.25) is 5.91 Å². The first kappa shape index (κ1) is 16.5. The molecule has 0 aliphatic heterocycles. The van der Waals surface area contributed by atoms with E-state index in [0.717, 1.165) is 10.0 Å². The van der Waals surface area contributed by atoms with E-state index in [4.69, 9.17) is 5.73 Å². The van der Waals surface area contributed by atoms with E-state index < -0.39 is 5.54 Å². The van der Waals surface area contributed by atoms with Gasteiger partial charge in [-0.3, -0.25) is 4.79 Å². The fourth-order valence-corrected chi connectivity index (χ4v) is 1.96. The lowest BCUT2D eigenvalue weighted by molar-refractivity contribution is -0.126. The number of carbonyl (C=O) groups excluding carboxylic acids is 1. The molecule has 1 unspecified atom stereocenters. The zero-order chi connectivity index (χ0) is 14.7. The summed E-state index contributed by atoms with van der Waals surface area (Å²) in [6, 6.07) is 7.51. The number of nitrogens with one attached hydrogen (secondary N) is 1. The number of benzene rings is 1. The van der Waals surface area contributed by atoms with Gasteiger partial charge in [-0.05, 0) is 44.7 Å². The molecule has 19 heavy (non-hydrogen) atoms. The third-order valence-corrected chi connectivity index (χ3v) is 4.92. The summed E-state index contributed by atoms with van der Waals surface area (Å²) in [5.41, 5.74) is 5.95. The van der Waals surface area contributed by atoms with E-state index in [-0.39, 0.29) is 10.7 Å². The van der Waals surface area contributed by atoms with Crippen LogP contribution in [-0.2, 0) is 10.3 Å². The van der Waals surface area contributed by atoms with Gasteiger partial charge in [0, 0.05) is 15.8 Å². The molecule has 0 saturated heterocycles. The van der Waals surface area contributed by atoms with Crippen LogP contribution in [0.3, 0.4) is 0 Å². The summed E-state index contributed by atoms with van der Waals surface area (Å²) < 4.78 is 0.974. The van der Waals surface area contributed by atoms with Gasteiger partial charge in [0.15, 0.2) is 0 Å². The molecule has 1 aromatic rings. The monoisotopic (exact) mass is 344 g/mol. The quantitative estimate of drug-likeness (QED) is 0.863. The van der Waals surface area contributed by atoms with Crippen molar-refractivity contribution in [1.82, 2.24) is 5.32 Å². The molecular formula is C14H21BrN2OS. The minimum absolute atomic E-state index is 0.00541. The maximum absolute atomic E-state index is 12.3. The molecule has 0 fully saturated rings. The van der Waals surface area contributed by atoms with Crippen LogP contribution in [0, 0.1) is 0 Å². The number of rotatable bonds is 5. The van der Waals surface area contributed by atoms with Crippen LogP contribution in [0.4, 0.5) is 0 Å². The number of amides is 1. The van der Waals surface area contributed by atoms with E-state index in [1.54, 1.807) is 18.7 Å². The van der Waals surface area contributed by atoms with Crippen molar-refractivity contribution in [2.24, 2.45) is 5.73 Å². The zero-order valence-electron chi connectivity index (χ0n) is 11.8. The highest BCUT2D eigenvalue weighted by Gasteiger charge is 2.31. The summed E-state index contributed by atoms with van der Waals surface area (Å²) in [5.74, 6) is -0.156. The highest BCUT2D eigenvalue weighted by Crippen LogP contribution is 2.23. The standard InChI is InChI=1S/C14H21BrN2OS/c1-13(2,19-4)9-17-12(18)14(3,16)10-5-7-11(15)8-6-10/h5-8H,9,16H2,1-4H3,(H,17,18). The molecule has 0 aliphatic rings. The Labute approximate surface area is 127 Å². The smallest absolute Gasteiger partial charge is 0.244 e. The maximum Gasteiger partial charge on any atom is 0.244 e. The first-order chi connectivity index (χ1) is 8.69. The second-order valence-corrected chi connectivity index (χ2v) is 7.78. The number of nitrogens with two attached hydrogens (primary N) is 1.